The minimum absolute atomic E-state index is 0.0703. The SMILES string of the molecule is Cc1ccc(Cl)cc1NC(=O)CN1C(=O)NC2(CCCCC2C)C1=O. The first-order chi connectivity index (χ1) is 11.8. The maximum absolute atomic E-state index is 12.9. The first-order valence-corrected chi connectivity index (χ1v) is 8.91. The van der Waals surface area contributed by atoms with Crippen LogP contribution in [0.2, 0.25) is 5.02 Å². The summed E-state index contributed by atoms with van der Waals surface area (Å²) in [6.45, 7) is 3.53. The van der Waals surface area contributed by atoms with Crippen LogP contribution in [0.5, 0.6) is 0 Å². The Balaban J connectivity index is 1.72. The molecule has 1 spiro atoms. The van der Waals surface area contributed by atoms with E-state index in [0.29, 0.717) is 17.1 Å². The van der Waals surface area contributed by atoms with E-state index in [1.807, 2.05) is 13.8 Å². The van der Waals surface area contributed by atoms with E-state index in [0.717, 1.165) is 29.7 Å². The fourth-order valence-electron chi connectivity index (χ4n) is 3.70. The molecule has 2 aliphatic rings. The van der Waals surface area contributed by atoms with Gasteiger partial charge in [0.05, 0.1) is 0 Å². The second-order valence-corrected chi connectivity index (χ2v) is 7.38. The maximum Gasteiger partial charge on any atom is 0.325 e. The van der Waals surface area contributed by atoms with E-state index in [-0.39, 0.29) is 18.4 Å². The number of anilines is 1. The second-order valence-electron chi connectivity index (χ2n) is 6.95. The molecule has 2 atom stereocenters. The zero-order chi connectivity index (χ0) is 18.2. The van der Waals surface area contributed by atoms with E-state index in [1.165, 1.54) is 0 Å². The average molecular weight is 364 g/mol. The molecule has 7 heteroatoms. The number of urea groups is 1. The van der Waals surface area contributed by atoms with Crippen molar-refractivity contribution in [2.75, 3.05) is 11.9 Å². The van der Waals surface area contributed by atoms with E-state index in [2.05, 4.69) is 10.6 Å². The van der Waals surface area contributed by atoms with Crippen LogP contribution in [-0.2, 0) is 9.59 Å². The van der Waals surface area contributed by atoms with Crippen molar-refractivity contribution >= 4 is 35.1 Å². The normalized spacial score (nSPS) is 26.0. The quantitative estimate of drug-likeness (QED) is 0.810. The monoisotopic (exact) mass is 363 g/mol. The lowest BCUT2D eigenvalue weighted by molar-refractivity contribution is -0.136. The van der Waals surface area contributed by atoms with Crippen LogP contribution in [0, 0.1) is 12.8 Å². The van der Waals surface area contributed by atoms with Crippen LogP contribution in [-0.4, -0.2) is 34.8 Å². The molecule has 1 heterocycles. The standard InChI is InChI=1S/C18H22ClN3O3/c1-11-6-7-13(19)9-14(11)20-15(23)10-22-16(24)18(21-17(22)25)8-4-3-5-12(18)2/h6-7,9,12H,3-5,8,10H2,1-2H3,(H,20,23)(H,21,25). The number of amides is 4. The molecule has 6 nitrogen and oxygen atoms in total. The largest absolute Gasteiger partial charge is 0.325 e. The highest BCUT2D eigenvalue weighted by Gasteiger charge is 2.55. The first kappa shape index (κ1) is 17.7. The van der Waals surface area contributed by atoms with E-state index in [9.17, 15) is 14.4 Å². The molecule has 1 aliphatic carbocycles. The highest BCUT2D eigenvalue weighted by molar-refractivity contribution is 6.31. The Kier molecular flexibility index (Phi) is 4.73. The average Bonchev–Trinajstić information content (AvgIpc) is 2.79. The van der Waals surface area contributed by atoms with Crippen molar-refractivity contribution in [3.8, 4) is 0 Å². The summed E-state index contributed by atoms with van der Waals surface area (Å²) in [6.07, 6.45) is 3.48. The highest BCUT2D eigenvalue weighted by atomic mass is 35.5. The molecule has 1 aromatic carbocycles. The van der Waals surface area contributed by atoms with Gasteiger partial charge in [0.25, 0.3) is 5.91 Å². The summed E-state index contributed by atoms with van der Waals surface area (Å²) < 4.78 is 0. The van der Waals surface area contributed by atoms with Crippen LogP contribution < -0.4 is 10.6 Å². The van der Waals surface area contributed by atoms with Gasteiger partial charge in [-0.25, -0.2) is 4.79 Å². The molecule has 134 valence electrons. The van der Waals surface area contributed by atoms with Crippen LogP contribution in [0.15, 0.2) is 18.2 Å². The minimum Gasteiger partial charge on any atom is -0.324 e. The predicted octanol–water partition coefficient (Wildman–Crippen LogP) is 3.09. The number of carbonyl (C=O) groups excluding carboxylic acids is 3. The number of nitrogens with zero attached hydrogens (tertiary/aromatic N) is 1. The first-order valence-electron chi connectivity index (χ1n) is 8.53. The summed E-state index contributed by atoms with van der Waals surface area (Å²) >= 11 is 5.95. The zero-order valence-corrected chi connectivity index (χ0v) is 15.2. The Morgan fingerprint density at radius 3 is 2.88 bits per heavy atom. The van der Waals surface area contributed by atoms with Crippen molar-refractivity contribution in [3.05, 3.63) is 28.8 Å². The number of imide groups is 1. The number of hydrogen-bond acceptors (Lipinski definition) is 3. The fourth-order valence-corrected chi connectivity index (χ4v) is 3.87. The lowest BCUT2D eigenvalue weighted by Crippen LogP contribution is -2.54. The lowest BCUT2D eigenvalue weighted by atomic mass is 9.73. The number of rotatable bonds is 3. The van der Waals surface area contributed by atoms with Crippen LogP contribution in [0.3, 0.4) is 0 Å². The maximum atomic E-state index is 12.9. The number of carbonyl (C=O) groups is 3. The summed E-state index contributed by atoms with van der Waals surface area (Å²) in [5.41, 5.74) is 0.583. The molecule has 1 saturated carbocycles. The molecule has 1 aromatic rings. The van der Waals surface area contributed by atoms with Crippen molar-refractivity contribution < 1.29 is 14.4 Å². The molecule has 0 aromatic heterocycles. The van der Waals surface area contributed by atoms with Gasteiger partial charge in [-0.3, -0.25) is 14.5 Å². The van der Waals surface area contributed by atoms with Crippen molar-refractivity contribution in [2.45, 2.75) is 45.1 Å². The van der Waals surface area contributed by atoms with Gasteiger partial charge in [-0.15, -0.1) is 0 Å². The predicted molar refractivity (Wildman–Crippen MR) is 95.4 cm³/mol. The van der Waals surface area contributed by atoms with E-state index < -0.39 is 17.5 Å². The Morgan fingerprint density at radius 2 is 2.16 bits per heavy atom. The molecule has 4 amide bonds. The van der Waals surface area contributed by atoms with Crippen molar-refractivity contribution in [2.24, 2.45) is 5.92 Å². The number of benzene rings is 1. The third-order valence-electron chi connectivity index (χ3n) is 5.28. The van der Waals surface area contributed by atoms with Gasteiger partial charge in [0.1, 0.15) is 12.1 Å². The van der Waals surface area contributed by atoms with Gasteiger partial charge in [-0.05, 0) is 43.4 Å². The van der Waals surface area contributed by atoms with Crippen LogP contribution in [0.4, 0.5) is 10.5 Å². The Labute approximate surface area is 151 Å². The lowest BCUT2D eigenvalue weighted by Gasteiger charge is -2.36. The molecule has 2 N–H and O–H groups in total. The third-order valence-corrected chi connectivity index (χ3v) is 5.51. The zero-order valence-electron chi connectivity index (χ0n) is 14.4. The molecule has 2 fully saturated rings. The number of hydrogen-bond donors (Lipinski definition) is 2. The number of halogens is 1. The van der Waals surface area contributed by atoms with Gasteiger partial charge in [0.2, 0.25) is 5.91 Å². The van der Waals surface area contributed by atoms with Crippen LogP contribution in [0.25, 0.3) is 0 Å². The molecular formula is C18H22ClN3O3. The summed E-state index contributed by atoms with van der Waals surface area (Å²) in [4.78, 5) is 38.5. The van der Waals surface area contributed by atoms with Gasteiger partial charge in [-0.1, -0.05) is 37.4 Å². The molecule has 25 heavy (non-hydrogen) atoms. The Bertz CT molecular complexity index is 736. The minimum atomic E-state index is -0.846. The van der Waals surface area contributed by atoms with Crippen molar-refractivity contribution in [3.63, 3.8) is 0 Å². The van der Waals surface area contributed by atoms with Gasteiger partial charge >= 0.3 is 6.03 Å². The summed E-state index contributed by atoms with van der Waals surface area (Å²) in [5.74, 6) is -0.641. The topological polar surface area (TPSA) is 78.5 Å². The molecular weight excluding hydrogens is 342 g/mol. The van der Waals surface area contributed by atoms with E-state index in [1.54, 1.807) is 18.2 Å². The Morgan fingerprint density at radius 1 is 1.40 bits per heavy atom. The van der Waals surface area contributed by atoms with Gasteiger partial charge < -0.3 is 10.6 Å². The molecule has 1 saturated heterocycles. The summed E-state index contributed by atoms with van der Waals surface area (Å²) in [7, 11) is 0. The van der Waals surface area contributed by atoms with Crippen molar-refractivity contribution in [1.82, 2.24) is 10.2 Å². The molecule has 2 unspecified atom stereocenters. The van der Waals surface area contributed by atoms with E-state index >= 15 is 0 Å². The second kappa shape index (κ2) is 6.67. The van der Waals surface area contributed by atoms with Crippen LogP contribution in [0.1, 0.15) is 38.2 Å². The molecule has 0 bridgehead atoms. The van der Waals surface area contributed by atoms with E-state index in [4.69, 9.17) is 11.6 Å². The Hall–Kier alpha value is -2.08. The van der Waals surface area contributed by atoms with Crippen LogP contribution >= 0.6 is 11.6 Å². The highest BCUT2D eigenvalue weighted by Crippen LogP contribution is 2.38. The fraction of sp³-hybridized carbons (Fsp3) is 0.500. The van der Waals surface area contributed by atoms with Gasteiger partial charge in [0.15, 0.2) is 0 Å². The molecule has 0 radical (unpaired) electrons. The van der Waals surface area contributed by atoms with Gasteiger partial charge in [0, 0.05) is 10.7 Å². The number of nitrogens with one attached hydrogen (secondary N) is 2. The summed E-state index contributed by atoms with van der Waals surface area (Å²) in [5, 5.41) is 6.07. The third kappa shape index (κ3) is 3.23. The molecule has 1 aliphatic heterocycles. The molecule has 3 rings (SSSR count). The summed E-state index contributed by atoms with van der Waals surface area (Å²) in [6, 6.07) is 4.69. The van der Waals surface area contributed by atoms with Gasteiger partial charge in [-0.2, -0.15) is 0 Å². The van der Waals surface area contributed by atoms with Crippen molar-refractivity contribution in [1.29, 1.82) is 0 Å². The smallest absolute Gasteiger partial charge is 0.324 e. The number of aryl methyl sites for hydroxylation is 1.